The molecule has 0 fully saturated rings. The van der Waals surface area contributed by atoms with Gasteiger partial charge < -0.3 is 5.11 Å². The highest BCUT2D eigenvalue weighted by atomic mass is 16.6. The van der Waals surface area contributed by atoms with Gasteiger partial charge >= 0.3 is 5.97 Å². The van der Waals surface area contributed by atoms with Gasteiger partial charge in [-0.2, -0.15) is 0 Å². The summed E-state index contributed by atoms with van der Waals surface area (Å²) in [5, 5.41) is 20.0. The van der Waals surface area contributed by atoms with Gasteiger partial charge in [0, 0.05) is 11.6 Å². The average Bonchev–Trinajstić information content (AvgIpc) is 2.26. The van der Waals surface area contributed by atoms with Crippen LogP contribution in [0.25, 0.3) is 0 Å². The van der Waals surface area contributed by atoms with Crippen molar-refractivity contribution < 1.29 is 14.8 Å². The van der Waals surface area contributed by atoms with Gasteiger partial charge in [-0.05, 0) is 18.9 Å². The highest BCUT2D eigenvalue weighted by Crippen LogP contribution is 2.30. The molecule has 1 atom stereocenters. The highest BCUT2D eigenvalue weighted by molar-refractivity contribution is 5.78. The van der Waals surface area contributed by atoms with Crippen LogP contribution in [0.15, 0.2) is 18.2 Å². The number of nitro benzene ring substituents is 1. The number of aryl methyl sites for hydroxylation is 1. The smallest absolute Gasteiger partial charge is 0.311 e. The van der Waals surface area contributed by atoms with Crippen LogP contribution < -0.4 is 0 Å². The van der Waals surface area contributed by atoms with Crippen LogP contribution in [0.2, 0.25) is 0 Å². The third-order valence-corrected chi connectivity index (χ3v) is 2.63. The number of hydrogen-bond acceptors (Lipinski definition) is 3. The van der Waals surface area contributed by atoms with E-state index in [9.17, 15) is 14.9 Å². The Labute approximate surface area is 99.2 Å². The van der Waals surface area contributed by atoms with E-state index in [1.54, 1.807) is 19.1 Å². The lowest BCUT2D eigenvalue weighted by Crippen LogP contribution is -2.13. The Hall–Kier alpha value is -1.91. The van der Waals surface area contributed by atoms with Crippen molar-refractivity contribution in [2.24, 2.45) is 0 Å². The van der Waals surface area contributed by atoms with E-state index in [0.29, 0.717) is 12.8 Å². The van der Waals surface area contributed by atoms with Crippen LogP contribution in [0.5, 0.6) is 0 Å². The van der Waals surface area contributed by atoms with Gasteiger partial charge in [0.05, 0.1) is 10.8 Å². The van der Waals surface area contributed by atoms with Crippen molar-refractivity contribution in [3.63, 3.8) is 0 Å². The largest absolute Gasteiger partial charge is 0.481 e. The number of hydrogen-bond donors (Lipinski definition) is 1. The first-order valence-corrected chi connectivity index (χ1v) is 5.45. The number of carboxylic acid groups (broad SMARTS) is 1. The van der Waals surface area contributed by atoms with Crippen molar-refractivity contribution >= 4 is 11.7 Å². The van der Waals surface area contributed by atoms with Crippen molar-refractivity contribution in [1.29, 1.82) is 0 Å². The first-order valence-electron chi connectivity index (χ1n) is 5.45. The number of carboxylic acids is 1. The molecule has 0 aliphatic rings. The Morgan fingerprint density at radius 1 is 1.53 bits per heavy atom. The molecule has 5 nitrogen and oxygen atoms in total. The summed E-state index contributed by atoms with van der Waals surface area (Å²) >= 11 is 0. The topological polar surface area (TPSA) is 80.4 Å². The van der Waals surface area contributed by atoms with Crippen LogP contribution >= 0.6 is 0 Å². The Morgan fingerprint density at radius 3 is 2.65 bits per heavy atom. The number of benzene rings is 1. The molecule has 1 aromatic rings. The lowest BCUT2D eigenvalue weighted by atomic mass is 9.92. The van der Waals surface area contributed by atoms with Gasteiger partial charge in [0.25, 0.3) is 5.69 Å². The minimum atomic E-state index is -1.01. The normalized spacial score (nSPS) is 12.1. The zero-order chi connectivity index (χ0) is 13.0. The second kappa shape index (κ2) is 5.43. The van der Waals surface area contributed by atoms with Gasteiger partial charge in [0.2, 0.25) is 0 Å². The van der Waals surface area contributed by atoms with E-state index in [0.717, 1.165) is 5.56 Å². The minimum absolute atomic E-state index is 0.106. The lowest BCUT2D eigenvalue weighted by Gasteiger charge is -2.12. The fourth-order valence-corrected chi connectivity index (χ4v) is 1.81. The number of nitrogens with zero attached hydrogens (tertiary/aromatic N) is 1. The van der Waals surface area contributed by atoms with E-state index in [4.69, 9.17) is 5.11 Å². The molecule has 0 spiro atoms. The quantitative estimate of drug-likeness (QED) is 0.630. The Bertz CT molecular complexity index is 442. The van der Waals surface area contributed by atoms with Crippen molar-refractivity contribution in [3.05, 3.63) is 39.4 Å². The highest BCUT2D eigenvalue weighted by Gasteiger charge is 2.26. The van der Waals surface area contributed by atoms with E-state index in [1.807, 2.05) is 6.92 Å². The van der Waals surface area contributed by atoms with E-state index in [2.05, 4.69) is 0 Å². The van der Waals surface area contributed by atoms with E-state index < -0.39 is 16.8 Å². The summed E-state index contributed by atoms with van der Waals surface area (Å²) in [4.78, 5) is 21.5. The van der Waals surface area contributed by atoms with Gasteiger partial charge in [-0.1, -0.05) is 25.5 Å². The van der Waals surface area contributed by atoms with Crippen LogP contribution in [-0.2, 0) is 4.79 Å². The molecule has 0 aliphatic heterocycles. The number of rotatable bonds is 5. The SMILES string of the molecule is CCCC(C(=O)O)c1ccc(C)cc1[N+](=O)[O-]. The Balaban J connectivity index is 3.27. The molecule has 1 rings (SSSR count). The Morgan fingerprint density at radius 2 is 2.18 bits per heavy atom. The first-order chi connectivity index (χ1) is 7.97. The van der Waals surface area contributed by atoms with Crippen LogP contribution in [0.4, 0.5) is 5.69 Å². The summed E-state index contributed by atoms with van der Waals surface area (Å²) in [5.41, 5.74) is 0.932. The zero-order valence-electron chi connectivity index (χ0n) is 9.84. The standard InChI is InChI=1S/C12H15NO4/c1-3-4-10(12(14)15)9-6-5-8(2)7-11(9)13(16)17/h5-7,10H,3-4H2,1-2H3,(H,14,15). The third-order valence-electron chi connectivity index (χ3n) is 2.63. The monoisotopic (exact) mass is 237 g/mol. The molecular weight excluding hydrogens is 222 g/mol. The maximum absolute atomic E-state index is 11.1. The second-order valence-electron chi connectivity index (χ2n) is 4.00. The van der Waals surface area contributed by atoms with Crippen LogP contribution in [0, 0.1) is 17.0 Å². The molecule has 0 saturated carbocycles. The van der Waals surface area contributed by atoms with E-state index in [1.165, 1.54) is 6.07 Å². The second-order valence-corrected chi connectivity index (χ2v) is 4.00. The predicted octanol–water partition coefficient (Wildman–Crippen LogP) is 2.87. The fourth-order valence-electron chi connectivity index (χ4n) is 1.81. The summed E-state index contributed by atoms with van der Waals surface area (Å²) < 4.78 is 0. The number of carbonyl (C=O) groups is 1. The predicted molar refractivity (Wildman–Crippen MR) is 63.1 cm³/mol. The summed E-state index contributed by atoms with van der Waals surface area (Å²) in [7, 11) is 0. The molecule has 1 N–H and O–H groups in total. The number of aliphatic carboxylic acids is 1. The van der Waals surface area contributed by atoms with Crippen molar-refractivity contribution in [2.45, 2.75) is 32.6 Å². The molecule has 0 radical (unpaired) electrons. The molecule has 1 unspecified atom stereocenters. The molecule has 1 aromatic carbocycles. The summed E-state index contributed by atoms with van der Waals surface area (Å²) in [5.74, 6) is -1.82. The molecule has 92 valence electrons. The fraction of sp³-hybridized carbons (Fsp3) is 0.417. The van der Waals surface area contributed by atoms with Crippen molar-refractivity contribution in [3.8, 4) is 0 Å². The van der Waals surface area contributed by atoms with Gasteiger partial charge in [0.15, 0.2) is 0 Å². The molecule has 0 aliphatic carbocycles. The number of nitro groups is 1. The van der Waals surface area contributed by atoms with Gasteiger partial charge in [-0.15, -0.1) is 0 Å². The van der Waals surface area contributed by atoms with E-state index >= 15 is 0 Å². The zero-order valence-corrected chi connectivity index (χ0v) is 9.84. The summed E-state index contributed by atoms with van der Waals surface area (Å²) in [6.07, 6.45) is 1.07. The molecule has 0 aromatic heterocycles. The van der Waals surface area contributed by atoms with Crippen LogP contribution in [-0.4, -0.2) is 16.0 Å². The van der Waals surface area contributed by atoms with Crippen LogP contribution in [0.3, 0.4) is 0 Å². The molecule has 17 heavy (non-hydrogen) atoms. The Kier molecular flexibility index (Phi) is 4.20. The van der Waals surface area contributed by atoms with Gasteiger partial charge in [-0.3, -0.25) is 14.9 Å². The maximum Gasteiger partial charge on any atom is 0.311 e. The minimum Gasteiger partial charge on any atom is -0.481 e. The third kappa shape index (κ3) is 3.03. The first kappa shape index (κ1) is 13.2. The summed E-state index contributed by atoms with van der Waals surface area (Å²) in [6, 6.07) is 4.66. The van der Waals surface area contributed by atoms with Crippen molar-refractivity contribution in [2.75, 3.05) is 0 Å². The average molecular weight is 237 g/mol. The lowest BCUT2D eigenvalue weighted by molar-refractivity contribution is -0.385. The molecule has 0 heterocycles. The molecule has 5 heteroatoms. The van der Waals surface area contributed by atoms with E-state index in [-0.39, 0.29) is 11.3 Å². The van der Waals surface area contributed by atoms with Crippen LogP contribution in [0.1, 0.15) is 36.8 Å². The van der Waals surface area contributed by atoms with Crippen molar-refractivity contribution in [1.82, 2.24) is 0 Å². The van der Waals surface area contributed by atoms with Gasteiger partial charge in [0.1, 0.15) is 0 Å². The maximum atomic E-state index is 11.1. The molecule has 0 amide bonds. The molecule has 0 bridgehead atoms. The van der Waals surface area contributed by atoms with Gasteiger partial charge in [-0.25, -0.2) is 0 Å². The molecular formula is C12H15NO4. The summed E-state index contributed by atoms with van der Waals surface area (Å²) in [6.45, 7) is 3.60. The molecule has 0 saturated heterocycles.